The highest BCUT2D eigenvalue weighted by atomic mass is 32.1. The number of carbonyl (C=O) groups is 2. The van der Waals surface area contributed by atoms with E-state index in [1.807, 2.05) is 17.2 Å². The summed E-state index contributed by atoms with van der Waals surface area (Å²) in [4.78, 5) is 25.5. The maximum Gasteiger partial charge on any atom is 0.328 e. The molecule has 2 heterocycles. The predicted molar refractivity (Wildman–Crippen MR) is 81.5 cm³/mol. The first-order chi connectivity index (χ1) is 10.1. The summed E-state index contributed by atoms with van der Waals surface area (Å²) >= 11 is 1.35. The largest absolute Gasteiger partial charge is 0.478 e. The second kappa shape index (κ2) is 7.38. The monoisotopic (exact) mass is 309 g/mol. The number of ether oxygens (including phenoxy) is 1. The van der Waals surface area contributed by atoms with Gasteiger partial charge in [-0.15, -0.1) is 11.3 Å². The molecule has 0 unspecified atom stereocenters. The van der Waals surface area contributed by atoms with Crippen LogP contribution >= 0.6 is 11.3 Å². The SMILES string of the molecule is CCOC1CCN(C(=O)c2sccc2C=CC(=O)O)CC1. The Labute approximate surface area is 127 Å². The van der Waals surface area contributed by atoms with Crippen LogP contribution in [0.25, 0.3) is 6.08 Å². The summed E-state index contributed by atoms with van der Waals surface area (Å²) in [5.41, 5.74) is 0.666. The summed E-state index contributed by atoms with van der Waals surface area (Å²) in [6.45, 7) is 4.05. The van der Waals surface area contributed by atoms with Gasteiger partial charge in [0.05, 0.1) is 11.0 Å². The molecule has 1 amide bonds. The molecule has 5 nitrogen and oxygen atoms in total. The van der Waals surface area contributed by atoms with E-state index >= 15 is 0 Å². The average molecular weight is 309 g/mol. The van der Waals surface area contributed by atoms with Gasteiger partial charge in [-0.3, -0.25) is 4.79 Å². The standard InChI is InChI=1S/C15H19NO4S/c1-2-20-12-5-8-16(9-6-12)15(19)14-11(7-10-21-14)3-4-13(17)18/h3-4,7,10,12H,2,5-6,8-9H2,1H3,(H,17,18). The van der Waals surface area contributed by atoms with E-state index in [4.69, 9.17) is 9.84 Å². The van der Waals surface area contributed by atoms with Gasteiger partial charge in [0.15, 0.2) is 0 Å². The van der Waals surface area contributed by atoms with Crippen molar-refractivity contribution in [1.82, 2.24) is 4.90 Å². The fraction of sp³-hybridized carbons (Fsp3) is 0.467. The van der Waals surface area contributed by atoms with Crippen molar-refractivity contribution in [3.8, 4) is 0 Å². The number of amides is 1. The van der Waals surface area contributed by atoms with Gasteiger partial charge in [0.25, 0.3) is 5.91 Å². The minimum Gasteiger partial charge on any atom is -0.478 e. The Kier molecular flexibility index (Phi) is 5.52. The second-order valence-corrected chi connectivity index (χ2v) is 5.74. The molecule has 0 saturated carbocycles. The highest BCUT2D eigenvalue weighted by Crippen LogP contribution is 2.23. The molecule has 0 bridgehead atoms. The van der Waals surface area contributed by atoms with Gasteiger partial charge in [0.1, 0.15) is 0 Å². The molecule has 114 valence electrons. The quantitative estimate of drug-likeness (QED) is 0.849. The fourth-order valence-electron chi connectivity index (χ4n) is 2.39. The highest BCUT2D eigenvalue weighted by molar-refractivity contribution is 7.12. The van der Waals surface area contributed by atoms with Gasteiger partial charge >= 0.3 is 5.97 Å². The van der Waals surface area contributed by atoms with Gasteiger partial charge in [-0.1, -0.05) is 0 Å². The van der Waals surface area contributed by atoms with Crippen molar-refractivity contribution in [2.24, 2.45) is 0 Å². The zero-order valence-corrected chi connectivity index (χ0v) is 12.8. The molecule has 0 aromatic carbocycles. The summed E-state index contributed by atoms with van der Waals surface area (Å²) < 4.78 is 5.58. The number of rotatable bonds is 5. The number of piperidine rings is 1. The molecule has 0 radical (unpaired) electrons. The first-order valence-electron chi connectivity index (χ1n) is 7.01. The number of carboxylic acids is 1. The number of thiophene rings is 1. The minimum absolute atomic E-state index is 0.0232. The van der Waals surface area contributed by atoms with E-state index in [0.29, 0.717) is 30.1 Å². The number of carbonyl (C=O) groups excluding carboxylic acids is 1. The van der Waals surface area contributed by atoms with Gasteiger partial charge < -0.3 is 14.7 Å². The number of hydrogen-bond donors (Lipinski definition) is 1. The van der Waals surface area contributed by atoms with E-state index < -0.39 is 5.97 Å². The molecular formula is C15H19NO4S. The smallest absolute Gasteiger partial charge is 0.328 e. The lowest BCUT2D eigenvalue weighted by Gasteiger charge is -2.31. The fourth-order valence-corrected chi connectivity index (χ4v) is 3.24. The van der Waals surface area contributed by atoms with E-state index in [2.05, 4.69) is 0 Å². The molecule has 0 aliphatic carbocycles. The van der Waals surface area contributed by atoms with Crippen molar-refractivity contribution in [3.05, 3.63) is 28.0 Å². The van der Waals surface area contributed by atoms with Crippen LogP contribution < -0.4 is 0 Å². The summed E-state index contributed by atoms with van der Waals surface area (Å²) in [6, 6.07) is 1.77. The van der Waals surface area contributed by atoms with Crippen LogP contribution in [0.5, 0.6) is 0 Å². The van der Waals surface area contributed by atoms with Crippen LogP contribution in [0.3, 0.4) is 0 Å². The third-order valence-corrected chi connectivity index (χ3v) is 4.35. The predicted octanol–water partition coefficient (Wildman–Crippen LogP) is 2.49. The van der Waals surface area contributed by atoms with Crippen molar-refractivity contribution in [1.29, 1.82) is 0 Å². The van der Waals surface area contributed by atoms with Crippen molar-refractivity contribution in [2.75, 3.05) is 19.7 Å². The third kappa shape index (κ3) is 4.15. The van der Waals surface area contributed by atoms with Crippen molar-refractivity contribution >= 4 is 29.3 Å². The van der Waals surface area contributed by atoms with Crippen molar-refractivity contribution in [3.63, 3.8) is 0 Å². The average Bonchev–Trinajstić information content (AvgIpc) is 2.94. The molecule has 2 rings (SSSR count). The molecule has 0 atom stereocenters. The zero-order chi connectivity index (χ0) is 15.2. The maximum absolute atomic E-state index is 12.5. The molecule has 6 heteroatoms. The Hall–Kier alpha value is -1.66. The van der Waals surface area contributed by atoms with Gasteiger partial charge in [0.2, 0.25) is 0 Å². The van der Waals surface area contributed by atoms with Crippen LogP contribution in [0, 0.1) is 0 Å². The Morgan fingerprint density at radius 1 is 1.48 bits per heavy atom. The minimum atomic E-state index is -1.02. The second-order valence-electron chi connectivity index (χ2n) is 4.82. The van der Waals surface area contributed by atoms with Crippen LogP contribution in [0.1, 0.15) is 35.0 Å². The molecule has 1 N–H and O–H groups in total. The third-order valence-electron chi connectivity index (χ3n) is 3.43. The number of likely N-dealkylation sites (tertiary alicyclic amines) is 1. The summed E-state index contributed by atoms with van der Waals surface area (Å²) in [5.74, 6) is -1.04. The van der Waals surface area contributed by atoms with Gasteiger partial charge in [-0.2, -0.15) is 0 Å². The van der Waals surface area contributed by atoms with Crippen molar-refractivity contribution < 1.29 is 19.4 Å². The van der Waals surface area contributed by atoms with Crippen LogP contribution in [-0.4, -0.2) is 47.7 Å². The van der Waals surface area contributed by atoms with Gasteiger partial charge in [-0.25, -0.2) is 4.79 Å². The normalized spacial score (nSPS) is 16.5. The van der Waals surface area contributed by atoms with E-state index in [1.54, 1.807) is 6.07 Å². The summed E-state index contributed by atoms with van der Waals surface area (Å²) in [5, 5.41) is 10.5. The lowest BCUT2D eigenvalue weighted by Crippen LogP contribution is -2.40. The number of aliphatic carboxylic acids is 1. The maximum atomic E-state index is 12.5. The van der Waals surface area contributed by atoms with Crippen LogP contribution in [0.4, 0.5) is 0 Å². The summed E-state index contributed by atoms with van der Waals surface area (Å²) in [6.07, 6.45) is 4.48. The topological polar surface area (TPSA) is 66.8 Å². The van der Waals surface area contributed by atoms with E-state index in [0.717, 1.165) is 18.9 Å². The Balaban J connectivity index is 2.01. The van der Waals surface area contributed by atoms with E-state index in [-0.39, 0.29) is 12.0 Å². The molecule has 21 heavy (non-hydrogen) atoms. The molecule has 1 aromatic rings. The van der Waals surface area contributed by atoms with Gasteiger partial charge in [0, 0.05) is 25.8 Å². The molecule has 1 aromatic heterocycles. The first-order valence-corrected chi connectivity index (χ1v) is 7.89. The van der Waals surface area contributed by atoms with Crippen LogP contribution in [-0.2, 0) is 9.53 Å². The molecular weight excluding hydrogens is 290 g/mol. The molecule has 1 aliphatic rings. The number of hydrogen-bond acceptors (Lipinski definition) is 4. The zero-order valence-electron chi connectivity index (χ0n) is 11.9. The first kappa shape index (κ1) is 15.7. The number of carboxylic acid groups (broad SMARTS) is 1. The Bertz CT molecular complexity index is 530. The Morgan fingerprint density at radius 3 is 2.81 bits per heavy atom. The molecule has 1 fully saturated rings. The molecule has 1 saturated heterocycles. The number of nitrogens with zero attached hydrogens (tertiary/aromatic N) is 1. The van der Waals surface area contributed by atoms with Crippen LogP contribution in [0.15, 0.2) is 17.5 Å². The van der Waals surface area contributed by atoms with E-state index in [9.17, 15) is 9.59 Å². The Morgan fingerprint density at radius 2 is 2.19 bits per heavy atom. The molecule has 1 aliphatic heterocycles. The highest BCUT2D eigenvalue weighted by Gasteiger charge is 2.25. The summed E-state index contributed by atoms with van der Waals surface area (Å²) in [7, 11) is 0. The van der Waals surface area contributed by atoms with E-state index in [1.165, 1.54) is 17.4 Å². The lowest BCUT2D eigenvalue weighted by atomic mass is 10.1. The van der Waals surface area contributed by atoms with Crippen molar-refractivity contribution in [2.45, 2.75) is 25.9 Å². The molecule has 0 spiro atoms. The van der Waals surface area contributed by atoms with Gasteiger partial charge in [-0.05, 0) is 42.9 Å². The lowest BCUT2D eigenvalue weighted by molar-refractivity contribution is -0.131. The van der Waals surface area contributed by atoms with Crippen LogP contribution in [0.2, 0.25) is 0 Å².